The molecule has 0 radical (unpaired) electrons. The van der Waals surface area contributed by atoms with Gasteiger partial charge in [0.15, 0.2) is 0 Å². The second-order valence-corrected chi connectivity index (χ2v) is 6.93. The summed E-state index contributed by atoms with van der Waals surface area (Å²) in [6, 6.07) is 6.62. The molecule has 0 aromatic heterocycles. The Labute approximate surface area is 151 Å². The summed E-state index contributed by atoms with van der Waals surface area (Å²) in [5.74, 6) is 1.83. The third kappa shape index (κ3) is 2.65. The Hall–Kier alpha value is -3.08. The summed E-state index contributed by atoms with van der Waals surface area (Å²) in [5, 5.41) is 20.0. The molecule has 0 spiro atoms. The average Bonchev–Trinajstić information content (AvgIpc) is 2.59. The number of methoxy groups -OCH3 is 1. The van der Waals surface area contributed by atoms with E-state index in [9.17, 15) is 10.2 Å². The Balaban J connectivity index is 1.81. The van der Waals surface area contributed by atoms with Crippen LogP contribution in [0.25, 0.3) is 17.7 Å². The Kier molecular flexibility index (Phi) is 3.61. The van der Waals surface area contributed by atoms with Crippen LogP contribution in [0.5, 0.6) is 28.7 Å². The number of phenolic OH excluding ortho intramolecular Hbond substituents is 2. The van der Waals surface area contributed by atoms with E-state index in [1.807, 2.05) is 44.2 Å². The van der Waals surface area contributed by atoms with Crippen LogP contribution in [0.4, 0.5) is 0 Å². The number of ether oxygens (including phenoxy) is 3. The molecule has 5 nitrogen and oxygen atoms in total. The van der Waals surface area contributed by atoms with E-state index in [1.165, 1.54) is 19.2 Å². The number of rotatable bonds is 2. The highest BCUT2D eigenvalue weighted by atomic mass is 16.5. The smallest absolute Gasteiger partial charge is 0.137 e. The zero-order valence-corrected chi connectivity index (χ0v) is 14.9. The van der Waals surface area contributed by atoms with Crippen LogP contribution in [-0.4, -0.2) is 29.5 Å². The third-order valence-electron chi connectivity index (χ3n) is 4.52. The zero-order valence-electron chi connectivity index (χ0n) is 14.9. The van der Waals surface area contributed by atoms with Crippen LogP contribution in [0.1, 0.15) is 30.5 Å². The molecule has 0 atom stereocenters. The highest BCUT2D eigenvalue weighted by Gasteiger charge is 2.27. The van der Waals surface area contributed by atoms with E-state index in [1.54, 1.807) is 0 Å². The minimum Gasteiger partial charge on any atom is -0.508 e. The molecule has 2 aliphatic heterocycles. The van der Waals surface area contributed by atoms with Crippen LogP contribution in [0, 0.1) is 0 Å². The first-order valence-corrected chi connectivity index (χ1v) is 8.37. The zero-order chi connectivity index (χ0) is 18.5. The SMILES string of the molecule is COc1cc(O)cc(O)c1C1=Cc2ccc3c(c2OC1)C=CC(C)(C)O3. The average molecular weight is 352 g/mol. The van der Waals surface area contributed by atoms with Gasteiger partial charge in [-0.05, 0) is 44.2 Å². The molecule has 0 fully saturated rings. The molecule has 0 amide bonds. The number of aromatic hydroxyl groups is 2. The number of hydrogen-bond acceptors (Lipinski definition) is 5. The van der Waals surface area contributed by atoms with Crippen molar-refractivity contribution in [2.75, 3.05) is 13.7 Å². The maximum Gasteiger partial charge on any atom is 0.137 e. The molecule has 26 heavy (non-hydrogen) atoms. The van der Waals surface area contributed by atoms with Crippen molar-refractivity contribution in [2.24, 2.45) is 0 Å². The van der Waals surface area contributed by atoms with Crippen LogP contribution in [-0.2, 0) is 0 Å². The summed E-state index contributed by atoms with van der Waals surface area (Å²) >= 11 is 0. The van der Waals surface area contributed by atoms with Gasteiger partial charge < -0.3 is 24.4 Å². The molecule has 0 saturated heterocycles. The monoisotopic (exact) mass is 352 g/mol. The quantitative estimate of drug-likeness (QED) is 0.847. The summed E-state index contributed by atoms with van der Waals surface area (Å²) in [7, 11) is 1.50. The summed E-state index contributed by atoms with van der Waals surface area (Å²) in [5.41, 5.74) is 2.75. The van der Waals surface area contributed by atoms with Gasteiger partial charge in [0.05, 0.1) is 18.2 Å². The van der Waals surface area contributed by atoms with E-state index in [2.05, 4.69) is 0 Å². The van der Waals surface area contributed by atoms with Crippen molar-refractivity contribution in [3.63, 3.8) is 0 Å². The fourth-order valence-corrected chi connectivity index (χ4v) is 3.32. The van der Waals surface area contributed by atoms with E-state index < -0.39 is 0 Å². The van der Waals surface area contributed by atoms with Crippen LogP contribution in [0.15, 0.2) is 30.3 Å². The molecule has 2 aliphatic rings. The fraction of sp³-hybridized carbons (Fsp3) is 0.238. The fourth-order valence-electron chi connectivity index (χ4n) is 3.32. The highest BCUT2D eigenvalue weighted by molar-refractivity contribution is 5.91. The molecular weight excluding hydrogens is 332 g/mol. The lowest BCUT2D eigenvalue weighted by atomic mass is 9.95. The minimum atomic E-state index is -0.345. The molecule has 2 heterocycles. The molecule has 2 aromatic rings. The molecule has 134 valence electrons. The lowest BCUT2D eigenvalue weighted by Gasteiger charge is -2.30. The summed E-state index contributed by atoms with van der Waals surface area (Å²) in [6.07, 6.45) is 5.99. The third-order valence-corrected chi connectivity index (χ3v) is 4.52. The first kappa shape index (κ1) is 16.4. The lowest BCUT2D eigenvalue weighted by molar-refractivity contribution is 0.158. The van der Waals surface area contributed by atoms with Gasteiger partial charge in [-0.3, -0.25) is 0 Å². The largest absolute Gasteiger partial charge is 0.508 e. The normalized spacial score (nSPS) is 16.7. The number of phenols is 2. The van der Waals surface area contributed by atoms with Gasteiger partial charge in [0.25, 0.3) is 0 Å². The Morgan fingerprint density at radius 3 is 2.73 bits per heavy atom. The maximum absolute atomic E-state index is 10.3. The standard InChI is InChI=1S/C21H20O5/c1-21(2)7-6-15-17(26-21)5-4-12-8-13(11-25-20(12)15)19-16(23)9-14(22)10-18(19)24-3/h4-10,22-23H,11H2,1-3H3. The van der Waals surface area contributed by atoms with Gasteiger partial charge in [-0.25, -0.2) is 0 Å². The van der Waals surface area contributed by atoms with Gasteiger partial charge in [0.2, 0.25) is 0 Å². The van der Waals surface area contributed by atoms with Crippen molar-refractivity contribution in [1.82, 2.24) is 0 Å². The predicted octanol–water partition coefficient (Wildman–Crippen LogP) is 4.22. The Bertz CT molecular complexity index is 953. The topological polar surface area (TPSA) is 68.2 Å². The highest BCUT2D eigenvalue weighted by Crippen LogP contribution is 2.45. The molecule has 0 saturated carbocycles. The minimum absolute atomic E-state index is 0.0527. The van der Waals surface area contributed by atoms with Crippen molar-refractivity contribution in [3.05, 3.63) is 47.0 Å². The van der Waals surface area contributed by atoms with E-state index in [-0.39, 0.29) is 23.7 Å². The van der Waals surface area contributed by atoms with Gasteiger partial charge >= 0.3 is 0 Å². The Morgan fingerprint density at radius 2 is 1.96 bits per heavy atom. The number of hydrogen-bond donors (Lipinski definition) is 2. The molecule has 5 heteroatoms. The molecular formula is C21H20O5. The Morgan fingerprint density at radius 1 is 1.15 bits per heavy atom. The van der Waals surface area contributed by atoms with Crippen LogP contribution < -0.4 is 14.2 Å². The molecule has 0 aliphatic carbocycles. The van der Waals surface area contributed by atoms with Crippen molar-refractivity contribution >= 4 is 17.7 Å². The number of fused-ring (bicyclic) bond motifs is 3. The van der Waals surface area contributed by atoms with Crippen molar-refractivity contribution in [2.45, 2.75) is 19.4 Å². The molecule has 4 rings (SSSR count). The van der Waals surface area contributed by atoms with E-state index in [4.69, 9.17) is 14.2 Å². The molecule has 2 aromatic carbocycles. The van der Waals surface area contributed by atoms with Gasteiger partial charge in [-0.2, -0.15) is 0 Å². The second kappa shape index (κ2) is 5.73. The molecule has 0 unspecified atom stereocenters. The second-order valence-electron chi connectivity index (χ2n) is 6.93. The van der Waals surface area contributed by atoms with Crippen molar-refractivity contribution < 1.29 is 24.4 Å². The predicted molar refractivity (Wildman–Crippen MR) is 99.9 cm³/mol. The van der Waals surface area contributed by atoms with Crippen LogP contribution in [0.3, 0.4) is 0 Å². The molecule has 2 N–H and O–H groups in total. The van der Waals surface area contributed by atoms with E-state index in [0.29, 0.717) is 11.3 Å². The summed E-state index contributed by atoms with van der Waals surface area (Å²) < 4.78 is 17.3. The number of benzene rings is 2. The maximum atomic E-state index is 10.3. The van der Waals surface area contributed by atoms with E-state index in [0.717, 1.165) is 28.2 Å². The first-order chi connectivity index (χ1) is 12.4. The van der Waals surface area contributed by atoms with E-state index >= 15 is 0 Å². The lowest BCUT2D eigenvalue weighted by Crippen LogP contribution is -2.27. The first-order valence-electron chi connectivity index (χ1n) is 8.37. The molecule has 0 bridgehead atoms. The van der Waals surface area contributed by atoms with Gasteiger partial charge in [-0.15, -0.1) is 0 Å². The van der Waals surface area contributed by atoms with Crippen LogP contribution in [0.2, 0.25) is 0 Å². The van der Waals surface area contributed by atoms with Gasteiger partial charge in [0, 0.05) is 23.3 Å². The van der Waals surface area contributed by atoms with Crippen molar-refractivity contribution in [3.8, 4) is 28.7 Å². The van der Waals surface area contributed by atoms with Crippen LogP contribution >= 0.6 is 0 Å². The van der Waals surface area contributed by atoms with Gasteiger partial charge in [0.1, 0.15) is 41.0 Å². The van der Waals surface area contributed by atoms with Gasteiger partial charge in [-0.1, -0.05) is 0 Å². The van der Waals surface area contributed by atoms with Crippen molar-refractivity contribution in [1.29, 1.82) is 0 Å². The summed E-state index contributed by atoms with van der Waals surface area (Å²) in [4.78, 5) is 0. The summed E-state index contributed by atoms with van der Waals surface area (Å²) in [6.45, 7) is 4.28.